The van der Waals surface area contributed by atoms with Crippen LogP contribution in [0.2, 0.25) is 0 Å². The van der Waals surface area contributed by atoms with E-state index in [4.69, 9.17) is 9.84 Å². The fraction of sp³-hybridized carbons (Fsp3) is 0.235. The Bertz CT molecular complexity index is 563. The van der Waals surface area contributed by atoms with Gasteiger partial charge in [0.1, 0.15) is 5.75 Å². The maximum atomic E-state index is 11.1. The molecule has 0 radical (unpaired) electrons. The van der Waals surface area contributed by atoms with E-state index in [9.17, 15) is 4.79 Å². The lowest BCUT2D eigenvalue weighted by atomic mass is 10.0. The Morgan fingerprint density at radius 2 is 1.75 bits per heavy atom. The Morgan fingerprint density at radius 1 is 1.10 bits per heavy atom. The Labute approximate surface area is 118 Å². The lowest BCUT2D eigenvalue weighted by molar-refractivity contribution is -0.145. The number of carboxylic acid groups (broad SMARTS) is 1. The molecule has 2 aromatic carbocycles. The molecular formula is C17H18O3. The summed E-state index contributed by atoms with van der Waals surface area (Å²) in [7, 11) is 0. The van der Waals surface area contributed by atoms with Crippen LogP contribution in [-0.2, 0) is 11.2 Å². The van der Waals surface area contributed by atoms with Crippen molar-refractivity contribution in [1.29, 1.82) is 0 Å². The van der Waals surface area contributed by atoms with E-state index < -0.39 is 12.1 Å². The van der Waals surface area contributed by atoms with E-state index in [0.717, 1.165) is 12.0 Å². The van der Waals surface area contributed by atoms with Gasteiger partial charge in [0.05, 0.1) is 0 Å². The summed E-state index contributed by atoms with van der Waals surface area (Å²) in [5, 5.41) is 9.09. The van der Waals surface area contributed by atoms with Gasteiger partial charge in [-0.3, -0.25) is 0 Å². The van der Waals surface area contributed by atoms with Gasteiger partial charge in [-0.2, -0.15) is 0 Å². The van der Waals surface area contributed by atoms with Gasteiger partial charge < -0.3 is 9.84 Å². The first-order valence-corrected chi connectivity index (χ1v) is 6.72. The predicted octanol–water partition coefficient (Wildman–Crippen LogP) is 3.52. The van der Waals surface area contributed by atoms with Crippen molar-refractivity contribution in [2.75, 3.05) is 0 Å². The van der Waals surface area contributed by atoms with Gasteiger partial charge >= 0.3 is 5.97 Å². The van der Waals surface area contributed by atoms with Crippen LogP contribution >= 0.6 is 0 Å². The highest BCUT2D eigenvalue weighted by atomic mass is 16.5. The van der Waals surface area contributed by atoms with E-state index >= 15 is 0 Å². The molecule has 0 saturated carbocycles. The van der Waals surface area contributed by atoms with Crippen molar-refractivity contribution in [3.05, 3.63) is 65.7 Å². The quantitative estimate of drug-likeness (QED) is 0.873. The van der Waals surface area contributed by atoms with Gasteiger partial charge in [0.25, 0.3) is 0 Å². The largest absolute Gasteiger partial charge is 0.479 e. The van der Waals surface area contributed by atoms with Gasteiger partial charge in [-0.1, -0.05) is 55.5 Å². The summed E-state index contributed by atoms with van der Waals surface area (Å²) in [5.74, 6) is -0.285. The van der Waals surface area contributed by atoms with Crippen molar-refractivity contribution in [2.45, 2.75) is 25.9 Å². The minimum Gasteiger partial charge on any atom is -0.479 e. The second kappa shape index (κ2) is 6.75. The van der Waals surface area contributed by atoms with Crippen LogP contribution in [-0.4, -0.2) is 17.2 Å². The molecule has 0 aromatic heterocycles. The SMILES string of the molecule is CCC(Oc1ccccc1Cc1ccccc1)C(=O)O. The topological polar surface area (TPSA) is 46.5 Å². The van der Waals surface area contributed by atoms with Gasteiger partial charge in [0.15, 0.2) is 6.10 Å². The van der Waals surface area contributed by atoms with E-state index in [1.54, 1.807) is 6.92 Å². The number of benzene rings is 2. The second-order valence-corrected chi connectivity index (χ2v) is 4.62. The zero-order valence-electron chi connectivity index (χ0n) is 11.5. The number of ether oxygens (including phenoxy) is 1. The summed E-state index contributed by atoms with van der Waals surface area (Å²) < 4.78 is 5.63. The minimum absolute atomic E-state index is 0.439. The summed E-state index contributed by atoms with van der Waals surface area (Å²) in [6, 6.07) is 17.6. The number of carbonyl (C=O) groups is 1. The number of rotatable bonds is 6. The molecule has 0 heterocycles. The Morgan fingerprint density at radius 3 is 2.40 bits per heavy atom. The molecule has 0 aliphatic carbocycles. The summed E-state index contributed by atoms with van der Waals surface area (Å²) in [5.41, 5.74) is 2.17. The van der Waals surface area contributed by atoms with Crippen LogP contribution in [0, 0.1) is 0 Å². The summed E-state index contributed by atoms with van der Waals surface area (Å²) in [4.78, 5) is 11.1. The molecule has 3 heteroatoms. The number of hydrogen-bond acceptors (Lipinski definition) is 2. The highest BCUT2D eigenvalue weighted by molar-refractivity contribution is 5.72. The van der Waals surface area contributed by atoms with Crippen molar-refractivity contribution in [3.8, 4) is 5.75 Å². The zero-order valence-corrected chi connectivity index (χ0v) is 11.5. The molecular weight excluding hydrogens is 252 g/mol. The Balaban J connectivity index is 2.20. The average molecular weight is 270 g/mol. The maximum Gasteiger partial charge on any atom is 0.344 e. The first-order valence-electron chi connectivity index (χ1n) is 6.72. The van der Waals surface area contributed by atoms with E-state index in [1.807, 2.05) is 54.6 Å². The average Bonchev–Trinajstić information content (AvgIpc) is 2.47. The standard InChI is InChI=1S/C17H18O3/c1-2-15(17(18)19)20-16-11-7-6-10-14(16)12-13-8-4-3-5-9-13/h3-11,15H,2,12H2,1H3,(H,18,19). The fourth-order valence-electron chi connectivity index (χ4n) is 2.04. The summed E-state index contributed by atoms with van der Waals surface area (Å²) >= 11 is 0. The first kappa shape index (κ1) is 14.1. The Hall–Kier alpha value is -2.29. The lowest BCUT2D eigenvalue weighted by Crippen LogP contribution is -2.26. The van der Waals surface area contributed by atoms with Crippen LogP contribution in [0.1, 0.15) is 24.5 Å². The normalized spacial score (nSPS) is 11.8. The van der Waals surface area contributed by atoms with Gasteiger partial charge in [-0.05, 0) is 23.6 Å². The van der Waals surface area contributed by atoms with Gasteiger partial charge in [-0.25, -0.2) is 4.79 Å². The molecule has 1 atom stereocenters. The van der Waals surface area contributed by atoms with Gasteiger partial charge in [-0.15, -0.1) is 0 Å². The Kier molecular flexibility index (Phi) is 4.77. The maximum absolute atomic E-state index is 11.1. The summed E-state index contributed by atoms with van der Waals surface area (Å²) in [6.07, 6.45) is 0.370. The van der Waals surface area contributed by atoms with Crippen molar-refractivity contribution < 1.29 is 14.6 Å². The van der Waals surface area contributed by atoms with E-state index in [0.29, 0.717) is 12.2 Å². The van der Waals surface area contributed by atoms with Crippen LogP contribution in [0.3, 0.4) is 0 Å². The third-order valence-electron chi connectivity index (χ3n) is 3.13. The number of hydrogen-bond donors (Lipinski definition) is 1. The smallest absolute Gasteiger partial charge is 0.344 e. The van der Waals surface area contributed by atoms with Crippen LogP contribution in [0.4, 0.5) is 0 Å². The molecule has 1 unspecified atom stereocenters. The molecule has 0 aliphatic heterocycles. The molecule has 0 bridgehead atoms. The van der Waals surface area contributed by atoms with Crippen molar-refractivity contribution in [3.63, 3.8) is 0 Å². The minimum atomic E-state index is -0.929. The molecule has 104 valence electrons. The van der Waals surface area contributed by atoms with Gasteiger partial charge in [0, 0.05) is 6.42 Å². The molecule has 3 nitrogen and oxygen atoms in total. The van der Waals surface area contributed by atoms with Crippen LogP contribution in [0.5, 0.6) is 5.75 Å². The highest BCUT2D eigenvalue weighted by Crippen LogP contribution is 2.23. The van der Waals surface area contributed by atoms with Crippen molar-refractivity contribution in [1.82, 2.24) is 0 Å². The number of para-hydroxylation sites is 1. The molecule has 20 heavy (non-hydrogen) atoms. The van der Waals surface area contributed by atoms with Crippen LogP contribution < -0.4 is 4.74 Å². The monoisotopic (exact) mass is 270 g/mol. The predicted molar refractivity (Wildman–Crippen MR) is 78.0 cm³/mol. The first-order chi connectivity index (χ1) is 9.70. The fourth-order valence-corrected chi connectivity index (χ4v) is 2.04. The highest BCUT2D eigenvalue weighted by Gasteiger charge is 2.18. The van der Waals surface area contributed by atoms with Crippen molar-refractivity contribution in [2.24, 2.45) is 0 Å². The van der Waals surface area contributed by atoms with Crippen molar-refractivity contribution >= 4 is 5.97 Å². The van der Waals surface area contributed by atoms with Gasteiger partial charge in [0.2, 0.25) is 0 Å². The molecule has 0 saturated heterocycles. The molecule has 0 spiro atoms. The van der Waals surface area contributed by atoms with E-state index in [-0.39, 0.29) is 0 Å². The molecule has 0 fully saturated rings. The summed E-state index contributed by atoms with van der Waals surface area (Å²) in [6.45, 7) is 1.80. The molecule has 2 rings (SSSR count). The molecule has 0 amide bonds. The molecule has 0 aliphatic rings. The van der Waals surface area contributed by atoms with Crippen LogP contribution in [0.25, 0.3) is 0 Å². The molecule has 2 aromatic rings. The lowest BCUT2D eigenvalue weighted by Gasteiger charge is -2.16. The third kappa shape index (κ3) is 3.60. The number of aliphatic carboxylic acids is 1. The van der Waals surface area contributed by atoms with Crippen LogP contribution in [0.15, 0.2) is 54.6 Å². The molecule has 1 N–H and O–H groups in total. The number of carboxylic acids is 1. The second-order valence-electron chi connectivity index (χ2n) is 4.62. The van der Waals surface area contributed by atoms with E-state index in [2.05, 4.69) is 0 Å². The zero-order chi connectivity index (χ0) is 14.4. The van der Waals surface area contributed by atoms with E-state index in [1.165, 1.54) is 5.56 Å². The third-order valence-corrected chi connectivity index (χ3v) is 3.13.